The molecule has 3 heterocycles. The van der Waals surface area contributed by atoms with E-state index in [-0.39, 0.29) is 0 Å². The van der Waals surface area contributed by atoms with Gasteiger partial charge in [0.2, 0.25) is 0 Å². The molecule has 164 valence electrons. The van der Waals surface area contributed by atoms with E-state index in [4.69, 9.17) is 4.98 Å². The van der Waals surface area contributed by atoms with Crippen molar-refractivity contribution in [3.05, 3.63) is 78.4 Å². The molecule has 3 aromatic carbocycles. The maximum atomic E-state index is 13.3. The van der Waals surface area contributed by atoms with Gasteiger partial charge < -0.3 is 9.55 Å². The molecule has 0 fully saturated rings. The van der Waals surface area contributed by atoms with Crippen LogP contribution >= 0.6 is 0 Å². The van der Waals surface area contributed by atoms with Crippen LogP contribution in [0.2, 0.25) is 0 Å². The van der Waals surface area contributed by atoms with Crippen molar-refractivity contribution in [1.29, 1.82) is 0 Å². The minimum Gasteiger partial charge on any atom is -0.341 e. The average Bonchev–Trinajstić information content (AvgIpc) is 3.38. The highest BCUT2D eigenvalue weighted by Crippen LogP contribution is 2.47. The molecule has 3 nitrogen and oxygen atoms in total. The second-order valence-corrected chi connectivity index (χ2v) is 8.32. The van der Waals surface area contributed by atoms with Gasteiger partial charge in [-0.3, -0.25) is 0 Å². The quantitative estimate of drug-likeness (QED) is 0.297. The number of nitrogens with one attached hydrogen (secondary N) is 1. The number of alkyl halides is 3. The molecule has 33 heavy (non-hydrogen) atoms. The van der Waals surface area contributed by atoms with Gasteiger partial charge >= 0.3 is 6.18 Å². The molecule has 0 radical (unpaired) electrons. The van der Waals surface area contributed by atoms with Gasteiger partial charge in [-0.05, 0) is 36.2 Å². The molecule has 4 aromatic rings. The summed E-state index contributed by atoms with van der Waals surface area (Å²) in [6, 6.07) is 21.5. The smallest absolute Gasteiger partial charge is 0.341 e. The van der Waals surface area contributed by atoms with Gasteiger partial charge in [-0.1, -0.05) is 55.5 Å². The first kappa shape index (κ1) is 19.9. The largest absolute Gasteiger partial charge is 0.416 e. The van der Waals surface area contributed by atoms with Gasteiger partial charge in [-0.25, -0.2) is 4.98 Å². The van der Waals surface area contributed by atoms with Crippen molar-refractivity contribution < 1.29 is 13.2 Å². The number of pyridine rings is 1. The van der Waals surface area contributed by atoms with Crippen LogP contribution in [-0.2, 0) is 12.7 Å². The minimum atomic E-state index is -4.38. The van der Waals surface area contributed by atoms with Gasteiger partial charge in [0.1, 0.15) is 11.5 Å². The second kappa shape index (κ2) is 7.10. The third-order valence-corrected chi connectivity index (χ3v) is 6.28. The Morgan fingerprint density at radius 1 is 0.848 bits per heavy atom. The van der Waals surface area contributed by atoms with E-state index in [0.29, 0.717) is 0 Å². The third kappa shape index (κ3) is 2.94. The first-order valence-electron chi connectivity index (χ1n) is 11.0. The summed E-state index contributed by atoms with van der Waals surface area (Å²) in [4.78, 5) is 8.52. The van der Waals surface area contributed by atoms with E-state index in [1.165, 1.54) is 0 Å². The summed E-state index contributed by atoms with van der Waals surface area (Å²) in [5.74, 6) is 0.840. The Kier molecular flexibility index (Phi) is 4.27. The Morgan fingerprint density at radius 2 is 1.55 bits per heavy atom. The highest BCUT2D eigenvalue weighted by atomic mass is 19.4. The second-order valence-electron chi connectivity index (χ2n) is 8.32. The molecule has 0 unspecified atom stereocenters. The van der Waals surface area contributed by atoms with Crippen molar-refractivity contribution in [2.75, 3.05) is 0 Å². The van der Waals surface area contributed by atoms with E-state index in [0.717, 1.165) is 80.5 Å². The zero-order valence-corrected chi connectivity index (χ0v) is 17.9. The number of nitrogens with zero attached hydrogens (tertiary/aromatic N) is 2. The number of fused-ring (bicyclic) bond motifs is 6. The van der Waals surface area contributed by atoms with Gasteiger partial charge in [0.15, 0.2) is 0 Å². The summed E-state index contributed by atoms with van der Waals surface area (Å²) in [7, 11) is 0. The minimum absolute atomic E-state index is 0.653. The summed E-state index contributed by atoms with van der Waals surface area (Å²) >= 11 is 0. The highest BCUT2D eigenvalue weighted by molar-refractivity contribution is 6.20. The number of aryl methyl sites for hydroxylation is 1. The Hall–Kier alpha value is -3.80. The van der Waals surface area contributed by atoms with E-state index >= 15 is 0 Å². The van der Waals surface area contributed by atoms with Crippen molar-refractivity contribution in [2.45, 2.75) is 26.1 Å². The number of aromatic amines is 1. The van der Waals surface area contributed by atoms with Crippen LogP contribution in [0.5, 0.6) is 0 Å². The lowest BCUT2D eigenvalue weighted by Gasteiger charge is -2.19. The van der Waals surface area contributed by atoms with Gasteiger partial charge in [0.05, 0.1) is 11.1 Å². The topological polar surface area (TPSA) is 33.6 Å². The molecule has 0 atom stereocenters. The van der Waals surface area contributed by atoms with Crippen LogP contribution in [0.3, 0.4) is 0 Å². The van der Waals surface area contributed by atoms with E-state index in [9.17, 15) is 13.2 Å². The molecular formula is C27H20F3N3. The van der Waals surface area contributed by atoms with E-state index < -0.39 is 11.7 Å². The maximum absolute atomic E-state index is 13.3. The fourth-order valence-corrected chi connectivity index (χ4v) is 4.88. The first-order valence-corrected chi connectivity index (χ1v) is 11.0. The lowest BCUT2D eigenvalue weighted by Crippen LogP contribution is -2.07. The molecule has 0 saturated carbocycles. The van der Waals surface area contributed by atoms with Gasteiger partial charge in [0, 0.05) is 39.3 Å². The summed E-state index contributed by atoms with van der Waals surface area (Å²) in [5.41, 5.74) is 4.76. The number of aromatic nitrogens is 3. The molecule has 0 aliphatic carbocycles. The molecule has 1 N–H and O–H groups in total. The fraction of sp³-hybridized carbons (Fsp3) is 0.148. The maximum Gasteiger partial charge on any atom is 0.416 e. The monoisotopic (exact) mass is 443 g/mol. The van der Waals surface area contributed by atoms with Crippen LogP contribution in [0, 0.1) is 0 Å². The van der Waals surface area contributed by atoms with Crippen molar-refractivity contribution in [3.8, 4) is 22.5 Å². The molecule has 1 aromatic heterocycles. The molecule has 6 rings (SSSR count). The molecule has 0 spiro atoms. The number of para-hydroxylation sites is 2. The SMILES string of the molecule is CCCn1c2nc3ccccc3c-2c(-c2ccc(C(F)(F)F)cc2)c2c3ccccc3[nH]c21. The number of hydrogen-bond acceptors (Lipinski definition) is 1. The number of benzene rings is 3. The Morgan fingerprint density at radius 3 is 2.27 bits per heavy atom. The number of H-pyrrole nitrogens is 1. The van der Waals surface area contributed by atoms with Crippen LogP contribution in [0.25, 0.3) is 55.4 Å². The van der Waals surface area contributed by atoms with Crippen LogP contribution in [0.4, 0.5) is 13.2 Å². The summed E-state index contributed by atoms with van der Waals surface area (Å²) in [6.45, 7) is 2.90. The van der Waals surface area contributed by atoms with Crippen molar-refractivity contribution >= 4 is 32.8 Å². The van der Waals surface area contributed by atoms with Crippen LogP contribution in [0.15, 0.2) is 72.8 Å². The highest BCUT2D eigenvalue weighted by Gasteiger charge is 2.31. The Bertz CT molecular complexity index is 1600. The molecule has 0 bridgehead atoms. The van der Waals surface area contributed by atoms with Crippen LogP contribution in [-0.4, -0.2) is 14.5 Å². The zero-order chi connectivity index (χ0) is 22.7. The molecule has 0 amide bonds. The normalized spacial score (nSPS) is 12.5. The first-order chi connectivity index (χ1) is 16.0. The van der Waals surface area contributed by atoms with Gasteiger partial charge in [0.25, 0.3) is 0 Å². The molecule has 0 saturated heterocycles. The predicted octanol–water partition coefficient (Wildman–Crippen LogP) is 7.87. The number of rotatable bonds is 3. The summed E-state index contributed by atoms with van der Waals surface area (Å²) in [6.07, 6.45) is -3.45. The Labute approximate surface area is 187 Å². The lowest BCUT2D eigenvalue weighted by atomic mass is 9.93. The lowest BCUT2D eigenvalue weighted by molar-refractivity contribution is -0.137. The fourth-order valence-electron chi connectivity index (χ4n) is 4.88. The van der Waals surface area contributed by atoms with Crippen LogP contribution in [0.1, 0.15) is 18.9 Å². The summed E-state index contributed by atoms with van der Waals surface area (Å²) < 4.78 is 42.0. The molecular weight excluding hydrogens is 423 g/mol. The van der Waals surface area contributed by atoms with Crippen molar-refractivity contribution in [3.63, 3.8) is 0 Å². The Balaban J connectivity index is 1.82. The molecule has 2 aliphatic rings. The van der Waals surface area contributed by atoms with E-state index in [1.54, 1.807) is 12.1 Å². The van der Waals surface area contributed by atoms with Crippen molar-refractivity contribution in [1.82, 2.24) is 14.5 Å². The predicted molar refractivity (Wildman–Crippen MR) is 126 cm³/mol. The van der Waals surface area contributed by atoms with E-state index in [1.807, 2.05) is 42.5 Å². The van der Waals surface area contributed by atoms with Gasteiger partial charge in [-0.2, -0.15) is 13.2 Å². The standard InChI is InChI=1S/C27H20F3N3/c1-2-15-33-25-23(18-7-3-5-9-20(18)31-25)22(16-11-13-17(14-12-16)27(28,29)30)24-19-8-4-6-10-21(19)32-26(24)33/h3-14,31H,2,15H2,1H3. The van der Waals surface area contributed by atoms with E-state index in [2.05, 4.69) is 22.5 Å². The van der Waals surface area contributed by atoms with Gasteiger partial charge in [-0.15, -0.1) is 0 Å². The van der Waals surface area contributed by atoms with Crippen molar-refractivity contribution in [2.24, 2.45) is 0 Å². The number of halogens is 3. The third-order valence-electron chi connectivity index (χ3n) is 6.28. The summed E-state index contributed by atoms with van der Waals surface area (Å²) in [5, 5.41) is 3.04. The zero-order valence-electron chi connectivity index (χ0n) is 17.9. The average molecular weight is 443 g/mol. The van der Waals surface area contributed by atoms with Crippen LogP contribution < -0.4 is 0 Å². The molecule has 2 aliphatic heterocycles. The number of hydrogen-bond donors (Lipinski definition) is 1. The molecule has 6 heteroatoms.